The first-order valence-corrected chi connectivity index (χ1v) is 9.14. The molecule has 5 heteroatoms. The summed E-state index contributed by atoms with van der Waals surface area (Å²) in [6.45, 7) is 7.98. The van der Waals surface area contributed by atoms with Crippen LogP contribution < -0.4 is 4.72 Å². The number of hydrogen-bond donors (Lipinski definition) is 1. The Bertz CT molecular complexity index is 570. The van der Waals surface area contributed by atoms with Gasteiger partial charge in [-0.1, -0.05) is 39.3 Å². The van der Waals surface area contributed by atoms with Crippen LogP contribution in [0.15, 0.2) is 23.3 Å². The van der Waals surface area contributed by atoms with Crippen LogP contribution in [-0.4, -0.2) is 19.7 Å². The molecule has 0 fully saturated rings. The van der Waals surface area contributed by atoms with E-state index in [0.29, 0.717) is 12.1 Å². The number of nitrogens with one attached hydrogen (secondary N) is 1. The van der Waals surface area contributed by atoms with Crippen LogP contribution >= 0.6 is 0 Å². The van der Waals surface area contributed by atoms with E-state index in [4.69, 9.17) is 0 Å². The summed E-state index contributed by atoms with van der Waals surface area (Å²) in [6, 6.07) is 2.23. The number of sulfonamides is 1. The number of rotatable bonds is 7. The lowest BCUT2D eigenvalue weighted by Gasteiger charge is -2.35. The highest BCUT2D eigenvalue weighted by atomic mass is 32.2. The molecule has 0 saturated heterocycles. The maximum Gasteiger partial charge on any atom is 0.221 e. The molecule has 0 aromatic carbocycles. The Balaban J connectivity index is 3.14. The fraction of sp³-hybridized carbons (Fsp3) is 0.688. The van der Waals surface area contributed by atoms with E-state index < -0.39 is 14.8 Å². The molecule has 0 aliphatic heterocycles. The summed E-state index contributed by atoms with van der Waals surface area (Å²) >= 11 is 0. The van der Waals surface area contributed by atoms with Crippen molar-refractivity contribution < 1.29 is 8.42 Å². The van der Waals surface area contributed by atoms with Gasteiger partial charge in [0.2, 0.25) is 10.0 Å². The minimum atomic E-state index is -3.50. The summed E-state index contributed by atoms with van der Waals surface area (Å²) in [7, 11) is -3.50. The Hall–Kier alpha value is -1.12. The van der Waals surface area contributed by atoms with Crippen molar-refractivity contribution in [3.8, 4) is 6.07 Å². The van der Waals surface area contributed by atoms with Gasteiger partial charge in [0.05, 0.1) is 6.07 Å². The fourth-order valence-corrected chi connectivity index (χ4v) is 4.15. The van der Waals surface area contributed by atoms with Crippen molar-refractivity contribution >= 4 is 10.0 Å². The second-order valence-corrected chi connectivity index (χ2v) is 7.97. The molecule has 0 aromatic heterocycles. The first-order valence-electron chi connectivity index (χ1n) is 7.65. The largest absolute Gasteiger partial charge is 0.221 e. The molecule has 0 saturated carbocycles. The lowest BCUT2D eigenvalue weighted by atomic mass is 9.80. The standard InChI is InChI=1S/C16H26N2O2S/c1-5-7-8-14-9-10-16(4,13(3)15(14)12-17)21(19,20)18-11-6-2/h9-10,13,18H,5-8,11H2,1-4H3. The van der Waals surface area contributed by atoms with Gasteiger partial charge in [0, 0.05) is 18.0 Å². The highest BCUT2D eigenvalue weighted by molar-refractivity contribution is 7.91. The van der Waals surface area contributed by atoms with E-state index in [1.54, 1.807) is 13.0 Å². The van der Waals surface area contributed by atoms with Crippen LogP contribution in [0.1, 0.15) is 53.4 Å². The molecule has 4 nitrogen and oxygen atoms in total. The number of nitriles is 1. The molecule has 1 N–H and O–H groups in total. The van der Waals surface area contributed by atoms with Gasteiger partial charge >= 0.3 is 0 Å². The van der Waals surface area contributed by atoms with Gasteiger partial charge in [-0.25, -0.2) is 13.1 Å². The van der Waals surface area contributed by atoms with Crippen molar-refractivity contribution in [1.82, 2.24) is 4.72 Å². The second kappa shape index (κ2) is 7.24. The van der Waals surface area contributed by atoms with E-state index in [2.05, 4.69) is 17.7 Å². The Morgan fingerprint density at radius 2 is 2.05 bits per heavy atom. The Kier molecular flexibility index (Phi) is 6.18. The fourth-order valence-electron chi connectivity index (χ4n) is 2.53. The Labute approximate surface area is 129 Å². The third kappa shape index (κ3) is 3.56. The zero-order chi connectivity index (χ0) is 16.1. The van der Waals surface area contributed by atoms with Gasteiger partial charge in [0.15, 0.2) is 0 Å². The van der Waals surface area contributed by atoms with Crippen molar-refractivity contribution in [3.05, 3.63) is 23.3 Å². The normalized spacial score (nSPS) is 26.0. The van der Waals surface area contributed by atoms with Crippen LogP contribution in [0.25, 0.3) is 0 Å². The van der Waals surface area contributed by atoms with Crippen LogP contribution in [0.2, 0.25) is 0 Å². The molecule has 0 amide bonds. The number of nitrogens with zero attached hydrogens (tertiary/aromatic N) is 1. The Morgan fingerprint density at radius 1 is 1.38 bits per heavy atom. The van der Waals surface area contributed by atoms with Gasteiger partial charge in [0.25, 0.3) is 0 Å². The van der Waals surface area contributed by atoms with E-state index in [0.717, 1.165) is 31.3 Å². The second-order valence-electron chi connectivity index (χ2n) is 5.79. The van der Waals surface area contributed by atoms with Crippen molar-refractivity contribution in [2.45, 2.75) is 58.1 Å². The van der Waals surface area contributed by atoms with E-state index >= 15 is 0 Å². The van der Waals surface area contributed by atoms with Crippen LogP contribution in [0.3, 0.4) is 0 Å². The molecule has 0 bridgehead atoms. The van der Waals surface area contributed by atoms with Crippen molar-refractivity contribution in [2.75, 3.05) is 6.54 Å². The smallest absolute Gasteiger partial charge is 0.214 e. The molecule has 1 aliphatic rings. The van der Waals surface area contributed by atoms with E-state index in [1.807, 2.05) is 19.9 Å². The number of allylic oxidation sites excluding steroid dienone is 3. The van der Waals surface area contributed by atoms with Gasteiger partial charge in [0.1, 0.15) is 4.75 Å². The zero-order valence-electron chi connectivity index (χ0n) is 13.4. The maximum atomic E-state index is 12.6. The minimum Gasteiger partial charge on any atom is -0.214 e. The lowest BCUT2D eigenvalue weighted by molar-refractivity contribution is 0.490. The SMILES string of the molecule is CCCCC1=C(C#N)C(C)C(C)(S(=O)(=O)NCCC)C=C1. The predicted molar refractivity (Wildman–Crippen MR) is 86.1 cm³/mol. The monoisotopic (exact) mass is 310 g/mol. The average Bonchev–Trinajstić information content (AvgIpc) is 2.46. The van der Waals surface area contributed by atoms with E-state index in [-0.39, 0.29) is 5.92 Å². The van der Waals surface area contributed by atoms with Crippen LogP contribution in [0, 0.1) is 17.2 Å². The third-order valence-corrected chi connectivity index (χ3v) is 6.53. The van der Waals surface area contributed by atoms with E-state index in [9.17, 15) is 13.7 Å². The highest BCUT2D eigenvalue weighted by Crippen LogP contribution is 2.39. The molecule has 1 aliphatic carbocycles. The minimum absolute atomic E-state index is 0.339. The molecule has 2 atom stereocenters. The maximum absolute atomic E-state index is 12.6. The molecule has 0 aromatic rings. The van der Waals surface area contributed by atoms with E-state index in [1.165, 1.54) is 0 Å². The van der Waals surface area contributed by atoms with Crippen molar-refractivity contribution in [1.29, 1.82) is 5.26 Å². The first-order chi connectivity index (χ1) is 9.84. The number of unbranched alkanes of at least 4 members (excludes halogenated alkanes) is 1. The van der Waals surface area contributed by atoms with Gasteiger partial charge in [-0.05, 0) is 31.8 Å². The molecule has 0 heterocycles. The third-order valence-electron chi connectivity index (χ3n) is 4.30. The number of hydrogen-bond acceptors (Lipinski definition) is 3. The molecular formula is C16H26N2O2S. The predicted octanol–water partition coefficient (Wildman–Crippen LogP) is 3.29. The Morgan fingerprint density at radius 3 is 2.57 bits per heavy atom. The molecule has 2 unspecified atom stereocenters. The topological polar surface area (TPSA) is 70.0 Å². The summed E-state index contributed by atoms with van der Waals surface area (Å²) in [5.41, 5.74) is 1.59. The molecular weight excluding hydrogens is 284 g/mol. The summed E-state index contributed by atoms with van der Waals surface area (Å²) in [6.07, 6.45) is 7.23. The molecule has 21 heavy (non-hydrogen) atoms. The lowest BCUT2D eigenvalue weighted by Crippen LogP contribution is -2.48. The highest BCUT2D eigenvalue weighted by Gasteiger charge is 2.45. The van der Waals surface area contributed by atoms with Crippen molar-refractivity contribution in [2.24, 2.45) is 5.92 Å². The molecule has 0 radical (unpaired) electrons. The summed E-state index contributed by atoms with van der Waals surface area (Å²) in [5.74, 6) is -0.339. The summed E-state index contributed by atoms with van der Waals surface area (Å²) < 4.78 is 26.7. The molecule has 1 rings (SSSR count). The van der Waals surface area contributed by atoms with Crippen LogP contribution in [0.5, 0.6) is 0 Å². The van der Waals surface area contributed by atoms with Gasteiger partial charge in [-0.2, -0.15) is 5.26 Å². The first kappa shape index (κ1) is 17.9. The van der Waals surface area contributed by atoms with Gasteiger partial charge in [-0.15, -0.1) is 0 Å². The van der Waals surface area contributed by atoms with Crippen LogP contribution in [0.4, 0.5) is 0 Å². The van der Waals surface area contributed by atoms with Gasteiger partial charge < -0.3 is 0 Å². The summed E-state index contributed by atoms with van der Waals surface area (Å²) in [5, 5.41) is 9.45. The van der Waals surface area contributed by atoms with Crippen LogP contribution in [-0.2, 0) is 10.0 Å². The summed E-state index contributed by atoms with van der Waals surface area (Å²) in [4.78, 5) is 0. The van der Waals surface area contributed by atoms with Crippen molar-refractivity contribution in [3.63, 3.8) is 0 Å². The zero-order valence-corrected chi connectivity index (χ0v) is 14.3. The van der Waals surface area contributed by atoms with Gasteiger partial charge in [-0.3, -0.25) is 0 Å². The molecule has 118 valence electrons. The quantitative estimate of drug-likeness (QED) is 0.784. The molecule has 0 spiro atoms. The average molecular weight is 310 g/mol.